The summed E-state index contributed by atoms with van der Waals surface area (Å²) in [6, 6.07) is 10.3. The summed E-state index contributed by atoms with van der Waals surface area (Å²) in [6.07, 6.45) is 1.79. The fourth-order valence-corrected chi connectivity index (χ4v) is 2.66. The number of carbonyl (C=O) groups excluding carboxylic acids is 2. The Morgan fingerprint density at radius 1 is 1.03 bits per heavy atom. The molecule has 29 heavy (non-hydrogen) atoms. The van der Waals surface area contributed by atoms with E-state index in [4.69, 9.17) is 4.74 Å². The Balaban J connectivity index is 2.08. The highest BCUT2D eigenvalue weighted by atomic mass is 19.1. The van der Waals surface area contributed by atoms with Crippen LogP contribution in [0.1, 0.15) is 32.3 Å². The summed E-state index contributed by atoms with van der Waals surface area (Å²) >= 11 is 0. The fraction of sp³-hybridized carbons (Fsp3) is 0.364. The molecule has 5 nitrogen and oxygen atoms in total. The monoisotopic (exact) mass is 404 g/mol. The maximum atomic E-state index is 13.2. The molecule has 0 aromatic heterocycles. The van der Waals surface area contributed by atoms with E-state index in [1.54, 1.807) is 19.1 Å². The summed E-state index contributed by atoms with van der Waals surface area (Å²) < 4.78 is 31.6. The molecule has 0 saturated heterocycles. The van der Waals surface area contributed by atoms with E-state index in [0.717, 1.165) is 12.8 Å². The van der Waals surface area contributed by atoms with Gasteiger partial charge in [0, 0.05) is 13.1 Å². The van der Waals surface area contributed by atoms with Crippen LogP contribution >= 0.6 is 0 Å². The summed E-state index contributed by atoms with van der Waals surface area (Å²) in [7, 11) is 0. The first-order valence-electron chi connectivity index (χ1n) is 9.60. The second-order valence-corrected chi connectivity index (χ2v) is 6.71. The second-order valence-electron chi connectivity index (χ2n) is 6.71. The highest BCUT2D eigenvalue weighted by Crippen LogP contribution is 2.14. The summed E-state index contributed by atoms with van der Waals surface area (Å²) in [5, 5.41) is 2.82. The van der Waals surface area contributed by atoms with E-state index in [0.29, 0.717) is 17.9 Å². The summed E-state index contributed by atoms with van der Waals surface area (Å²) in [5.41, 5.74) is 0.690. The zero-order valence-electron chi connectivity index (χ0n) is 16.7. The molecular formula is C22H26F2N2O3. The molecule has 2 rings (SSSR count). The van der Waals surface area contributed by atoms with E-state index in [-0.39, 0.29) is 24.9 Å². The quantitative estimate of drug-likeness (QED) is 0.615. The van der Waals surface area contributed by atoms with Crippen LogP contribution in [0.4, 0.5) is 8.78 Å². The Morgan fingerprint density at radius 2 is 1.62 bits per heavy atom. The van der Waals surface area contributed by atoms with Crippen LogP contribution in [-0.2, 0) is 16.1 Å². The topological polar surface area (TPSA) is 58.6 Å². The van der Waals surface area contributed by atoms with Crippen molar-refractivity contribution in [2.24, 2.45) is 0 Å². The van der Waals surface area contributed by atoms with E-state index in [1.807, 2.05) is 6.92 Å². The van der Waals surface area contributed by atoms with E-state index in [9.17, 15) is 18.4 Å². The van der Waals surface area contributed by atoms with Gasteiger partial charge in [0.15, 0.2) is 6.61 Å². The lowest BCUT2D eigenvalue weighted by molar-refractivity contribution is -0.142. The average Bonchev–Trinajstić information content (AvgIpc) is 2.72. The summed E-state index contributed by atoms with van der Waals surface area (Å²) in [5.74, 6) is -1.11. The Morgan fingerprint density at radius 3 is 2.21 bits per heavy atom. The van der Waals surface area contributed by atoms with Gasteiger partial charge in [0.2, 0.25) is 5.91 Å². The number of benzene rings is 2. The first-order valence-corrected chi connectivity index (χ1v) is 9.60. The summed E-state index contributed by atoms with van der Waals surface area (Å²) in [4.78, 5) is 26.7. The lowest BCUT2D eigenvalue weighted by Crippen LogP contribution is -2.49. The van der Waals surface area contributed by atoms with Gasteiger partial charge in [-0.3, -0.25) is 9.59 Å². The van der Waals surface area contributed by atoms with Crippen molar-refractivity contribution in [3.8, 4) is 5.75 Å². The molecule has 0 spiro atoms. The molecule has 156 valence electrons. The van der Waals surface area contributed by atoms with Crippen molar-refractivity contribution in [1.29, 1.82) is 0 Å². The van der Waals surface area contributed by atoms with Crippen LogP contribution < -0.4 is 10.1 Å². The van der Waals surface area contributed by atoms with Gasteiger partial charge in [-0.15, -0.1) is 0 Å². The predicted molar refractivity (Wildman–Crippen MR) is 106 cm³/mol. The maximum Gasteiger partial charge on any atom is 0.261 e. The molecule has 0 aliphatic rings. The van der Waals surface area contributed by atoms with Gasteiger partial charge >= 0.3 is 0 Å². The standard InChI is InChI=1S/C22H26F2N2O3/c1-3-4-13-25-22(28)16(2)26(14-17-5-7-18(23)8-6-17)21(27)15-29-20-11-9-19(24)10-12-20/h5-12,16H,3-4,13-15H2,1-2H3,(H,25,28)/t16-/m1/s1. The van der Waals surface area contributed by atoms with Gasteiger partial charge in [0.05, 0.1) is 0 Å². The van der Waals surface area contributed by atoms with Crippen molar-refractivity contribution >= 4 is 11.8 Å². The Kier molecular flexibility index (Phi) is 8.58. The van der Waals surface area contributed by atoms with Gasteiger partial charge in [0.1, 0.15) is 23.4 Å². The Hall–Kier alpha value is -2.96. The Bertz CT molecular complexity index is 795. The molecule has 0 aliphatic heterocycles. The molecule has 0 heterocycles. The molecule has 1 N–H and O–H groups in total. The SMILES string of the molecule is CCCCNC(=O)[C@@H](C)N(Cc1ccc(F)cc1)C(=O)COc1ccc(F)cc1. The average molecular weight is 404 g/mol. The molecule has 0 bridgehead atoms. The first-order chi connectivity index (χ1) is 13.9. The number of rotatable bonds is 10. The van der Waals surface area contributed by atoms with Crippen LogP contribution in [0.25, 0.3) is 0 Å². The third-order valence-electron chi connectivity index (χ3n) is 4.44. The molecule has 0 saturated carbocycles. The van der Waals surface area contributed by atoms with Gasteiger partial charge in [0.25, 0.3) is 5.91 Å². The third kappa shape index (κ3) is 7.18. The number of amides is 2. The van der Waals surface area contributed by atoms with E-state index in [2.05, 4.69) is 5.32 Å². The predicted octanol–water partition coefficient (Wildman–Crippen LogP) is 3.68. The molecule has 0 aliphatic carbocycles. The first kappa shape index (κ1) is 22.3. The lowest BCUT2D eigenvalue weighted by atomic mass is 10.1. The van der Waals surface area contributed by atoms with Gasteiger partial charge in [-0.1, -0.05) is 25.5 Å². The number of nitrogens with one attached hydrogen (secondary N) is 1. The van der Waals surface area contributed by atoms with Crippen LogP contribution in [0, 0.1) is 11.6 Å². The van der Waals surface area contributed by atoms with Gasteiger partial charge in [-0.05, 0) is 55.3 Å². The number of unbranched alkanes of at least 4 members (excludes halogenated alkanes) is 1. The number of ether oxygens (including phenoxy) is 1. The van der Waals surface area contributed by atoms with Crippen molar-refractivity contribution in [3.05, 3.63) is 65.7 Å². The number of carbonyl (C=O) groups is 2. The van der Waals surface area contributed by atoms with Crippen molar-refractivity contribution in [1.82, 2.24) is 10.2 Å². The molecular weight excluding hydrogens is 378 g/mol. The van der Waals surface area contributed by atoms with E-state index < -0.39 is 17.8 Å². The normalized spacial score (nSPS) is 11.6. The zero-order chi connectivity index (χ0) is 21.2. The molecule has 0 fully saturated rings. The highest BCUT2D eigenvalue weighted by molar-refractivity contribution is 5.87. The minimum Gasteiger partial charge on any atom is -0.484 e. The maximum absolute atomic E-state index is 13.2. The molecule has 0 radical (unpaired) electrons. The van der Waals surface area contributed by atoms with Crippen molar-refractivity contribution in [2.45, 2.75) is 39.3 Å². The lowest BCUT2D eigenvalue weighted by Gasteiger charge is -2.28. The molecule has 2 aromatic rings. The van der Waals surface area contributed by atoms with Gasteiger partial charge < -0.3 is 15.0 Å². The molecule has 0 unspecified atom stereocenters. The molecule has 7 heteroatoms. The number of hydrogen-bond acceptors (Lipinski definition) is 3. The largest absolute Gasteiger partial charge is 0.484 e. The van der Waals surface area contributed by atoms with Crippen LogP contribution in [0.5, 0.6) is 5.75 Å². The van der Waals surface area contributed by atoms with Crippen molar-refractivity contribution < 1.29 is 23.1 Å². The van der Waals surface area contributed by atoms with Crippen LogP contribution in [0.15, 0.2) is 48.5 Å². The van der Waals surface area contributed by atoms with Crippen LogP contribution in [0.3, 0.4) is 0 Å². The Labute approximate surface area is 169 Å². The molecule has 2 amide bonds. The smallest absolute Gasteiger partial charge is 0.261 e. The third-order valence-corrected chi connectivity index (χ3v) is 4.44. The van der Waals surface area contributed by atoms with Gasteiger partial charge in [-0.2, -0.15) is 0 Å². The van der Waals surface area contributed by atoms with Crippen LogP contribution in [-0.4, -0.2) is 35.9 Å². The van der Waals surface area contributed by atoms with Gasteiger partial charge in [-0.25, -0.2) is 8.78 Å². The van der Waals surface area contributed by atoms with Crippen LogP contribution in [0.2, 0.25) is 0 Å². The number of halogens is 2. The number of nitrogens with zero attached hydrogens (tertiary/aromatic N) is 1. The van der Waals surface area contributed by atoms with Crippen molar-refractivity contribution in [2.75, 3.05) is 13.2 Å². The van der Waals surface area contributed by atoms with Crippen molar-refractivity contribution in [3.63, 3.8) is 0 Å². The van der Waals surface area contributed by atoms with E-state index in [1.165, 1.54) is 41.3 Å². The highest BCUT2D eigenvalue weighted by Gasteiger charge is 2.26. The molecule has 1 atom stereocenters. The summed E-state index contributed by atoms with van der Waals surface area (Å²) in [6.45, 7) is 4.02. The van der Waals surface area contributed by atoms with E-state index >= 15 is 0 Å². The minimum absolute atomic E-state index is 0.133. The second kappa shape index (κ2) is 11.1. The molecule has 2 aromatic carbocycles. The fourth-order valence-electron chi connectivity index (χ4n) is 2.66. The zero-order valence-corrected chi connectivity index (χ0v) is 16.7. The number of hydrogen-bond donors (Lipinski definition) is 1. The minimum atomic E-state index is -0.735.